The molecule has 0 radical (unpaired) electrons. The van der Waals surface area contributed by atoms with Crippen molar-refractivity contribution in [1.29, 1.82) is 0 Å². The molecule has 2 saturated carbocycles. The fraction of sp³-hybridized carbons (Fsp3) is 0.786. The second-order valence-electron chi connectivity index (χ2n) is 13.3. The molecule has 2 spiro atoms. The van der Waals surface area contributed by atoms with Gasteiger partial charge in [0.25, 0.3) is 0 Å². The number of carbonyl (C=O) groups is 4. The first-order valence-electron chi connectivity index (χ1n) is 13.7. The van der Waals surface area contributed by atoms with E-state index in [1.54, 1.807) is 0 Å². The van der Waals surface area contributed by atoms with Gasteiger partial charge in [-0.3, -0.25) is 9.59 Å². The lowest BCUT2D eigenvalue weighted by Crippen LogP contribution is -2.75. The van der Waals surface area contributed by atoms with Crippen LogP contribution in [0.25, 0.3) is 0 Å². The van der Waals surface area contributed by atoms with Gasteiger partial charge in [-0.05, 0) is 39.0 Å². The lowest BCUT2D eigenvalue weighted by molar-refractivity contribution is -0.262. The summed E-state index contributed by atoms with van der Waals surface area (Å²) in [4.78, 5) is 50.4. The number of fused-ring (bicyclic) bond motifs is 1. The zero-order valence-electron chi connectivity index (χ0n) is 22.7. The maximum absolute atomic E-state index is 13.4. The van der Waals surface area contributed by atoms with Crippen LogP contribution in [0.3, 0.4) is 0 Å². The maximum atomic E-state index is 13.4. The van der Waals surface area contributed by atoms with Crippen LogP contribution in [0.2, 0.25) is 0 Å². The molecule has 11 heteroatoms. The highest BCUT2D eigenvalue weighted by Gasteiger charge is 2.90. The molecule has 0 aromatic carbocycles. The first-order chi connectivity index (χ1) is 18.2. The second kappa shape index (κ2) is 7.41. The first-order valence-corrected chi connectivity index (χ1v) is 13.7. The van der Waals surface area contributed by atoms with E-state index in [1.165, 1.54) is 13.0 Å². The van der Waals surface area contributed by atoms with E-state index in [9.17, 15) is 24.3 Å². The van der Waals surface area contributed by atoms with E-state index >= 15 is 0 Å². The van der Waals surface area contributed by atoms with Gasteiger partial charge in [-0.1, -0.05) is 13.8 Å². The van der Waals surface area contributed by atoms with Gasteiger partial charge in [0.2, 0.25) is 6.29 Å². The van der Waals surface area contributed by atoms with Crippen LogP contribution in [0, 0.1) is 28.1 Å². The van der Waals surface area contributed by atoms with E-state index in [4.69, 9.17) is 28.4 Å². The normalized spacial score (nSPS) is 52.5. The summed E-state index contributed by atoms with van der Waals surface area (Å²) in [7, 11) is 0. The van der Waals surface area contributed by atoms with Crippen molar-refractivity contribution in [3.8, 4) is 0 Å². The topological polar surface area (TPSA) is 147 Å². The number of epoxide rings is 1. The summed E-state index contributed by atoms with van der Waals surface area (Å²) in [5.74, 6) is -2.33. The number of aliphatic hydroxyl groups is 1. The van der Waals surface area contributed by atoms with E-state index < -0.39 is 76.1 Å². The molecule has 7 aliphatic rings. The van der Waals surface area contributed by atoms with Crippen LogP contribution in [0.15, 0.2) is 11.6 Å². The molecule has 5 aliphatic heterocycles. The van der Waals surface area contributed by atoms with Gasteiger partial charge in [0, 0.05) is 40.7 Å². The summed E-state index contributed by atoms with van der Waals surface area (Å²) in [6.07, 6.45) is -1.57. The molecule has 0 aromatic rings. The molecule has 1 N–H and O–H groups in total. The lowest BCUT2D eigenvalue weighted by Gasteiger charge is -2.67. The fourth-order valence-corrected chi connectivity index (χ4v) is 10.2. The molecule has 5 heterocycles. The summed E-state index contributed by atoms with van der Waals surface area (Å²) in [6, 6.07) is 0. The molecule has 212 valence electrons. The van der Waals surface area contributed by atoms with Crippen LogP contribution in [0.1, 0.15) is 60.3 Å². The molecule has 7 rings (SSSR count). The summed E-state index contributed by atoms with van der Waals surface area (Å²) < 4.78 is 35.7. The Morgan fingerprint density at radius 1 is 1.05 bits per heavy atom. The number of hydrogen-bond acceptors (Lipinski definition) is 11. The smallest absolute Gasteiger partial charge is 0.339 e. The van der Waals surface area contributed by atoms with Gasteiger partial charge in [-0.25, -0.2) is 9.59 Å². The lowest BCUT2D eigenvalue weighted by atomic mass is 9.36. The zero-order valence-corrected chi connectivity index (χ0v) is 22.7. The Balaban J connectivity index is 1.41. The summed E-state index contributed by atoms with van der Waals surface area (Å²) in [5, 5.41) is 10.5. The third kappa shape index (κ3) is 2.79. The number of ether oxygens (including phenoxy) is 6. The molecule has 11 atom stereocenters. The SMILES string of the molecule is CC(=O)O[C@@H]1C[C@H]2C(C)(C)O[C@H]3CC(=O)OC[C@]32[C@H]2CC[C@@]3(C)[C@H](C4=CC(=O)OC4O)OC(=O)[C@H]4O[C@]43[C@@]21C. The Morgan fingerprint density at radius 3 is 2.46 bits per heavy atom. The molecule has 0 aromatic heterocycles. The van der Waals surface area contributed by atoms with Crippen LogP contribution in [0.4, 0.5) is 0 Å². The summed E-state index contributed by atoms with van der Waals surface area (Å²) >= 11 is 0. The van der Waals surface area contributed by atoms with Crippen molar-refractivity contribution in [3.05, 3.63) is 11.6 Å². The van der Waals surface area contributed by atoms with Gasteiger partial charge in [0.15, 0.2) is 6.10 Å². The van der Waals surface area contributed by atoms with Gasteiger partial charge in [0.1, 0.15) is 24.4 Å². The highest BCUT2D eigenvalue weighted by atomic mass is 16.7. The van der Waals surface area contributed by atoms with Crippen LogP contribution >= 0.6 is 0 Å². The molecule has 39 heavy (non-hydrogen) atoms. The van der Waals surface area contributed by atoms with Gasteiger partial charge in [-0.15, -0.1) is 0 Å². The molecule has 0 bridgehead atoms. The van der Waals surface area contributed by atoms with E-state index in [0.717, 1.165) is 0 Å². The van der Waals surface area contributed by atoms with Crippen molar-refractivity contribution in [1.82, 2.24) is 0 Å². The van der Waals surface area contributed by atoms with Crippen LogP contribution in [-0.2, 0) is 47.6 Å². The quantitative estimate of drug-likeness (QED) is 0.304. The van der Waals surface area contributed by atoms with Crippen LogP contribution in [0.5, 0.6) is 0 Å². The second-order valence-corrected chi connectivity index (χ2v) is 13.3. The monoisotopic (exact) mass is 546 g/mol. The van der Waals surface area contributed by atoms with Crippen molar-refractivity contribution in [2.75, 3.05) is 6.61 Å². The molecule has 2 aliphatic carbocycles. The molecule has 1 unspecified atom stereocenters. The summed E-state index contributed by atoms with van der Waals surface area (Å²) in [6.45, 7) is 9.53. The van der Waals surface area contributed by atoms with Gasteiger partial charge >= 0.3 is 23.9 Å². The van der Waals surface area contributed by atoms with Crippen LogP contribution in [-0.4, -0.2) is 77.5 Å². The maximum Gasteiger partial charge on any atom is 0.339 e. The van der Waals surface area contributed by atoms with Crippen molar-refractivity contribution < 1.29 is 52.7 Å². The van der Waals surface area contributed by atoms with Crippen LogP contribution < -0.4 is 0 Å². The number of rotatable bonds is 2. The molecule has 0 amide bonds. The third-order valence-corrected chi connectivity index (χ3v) is 11.5. The Hall–Kier alpha value is -2.50. The number of carbonyl (C=O) groups excluding carboxylic acids is 4. The molecular weight excluding hydrogens is 512 g/mol. The highest BCUT2D eigenvalue weighted by Crippen LogP contribution is 2.79. The minimum absolute atomic E-state index is 0.0831. The molecule has 6 fully saturated rings. The first kappa shape index (κ1) is 25.5. The van der Waals surface area contributed by atoms with Gasteiger partial charge in [0.05, 0.1) is 18.1 Å². The van der Waals surface area contributed by atoms with E-state index in [0.29, 0.717) is 19.3 Å². The van der Waals surface area contributed by atoms with E-state index in [2.05, 4.69) is 0 Å². The van der Waals surface area contributed by atoms with Gasteiger partial charge < -0.3 is 33.5 Å². The molecule has 4 saturated heterocycles. The highest BCUT2D eigenvalue weighted by molar-refractivity contribution is 5.87. The minimum Gasteiger partial charge on any atom is -0.465 e. The average molecular weight is 547 g/mol. The zero-order chi connectivity index (χ0) is 27.9. The van der Waals surface area contributed by atoms with E-state index in [1.807, 2.05) is 27.7 Å². The Bertz CT molecular complexity index is 1240. The molecular formula is C28H34O11. The number of hydrogen-bond donors (Lipinski definition) is 1. The van der Waals surface area contributed by atoms with Crippen molar-refractivity contribution in [2.24, 2.45) is 28.1 Å². The standard InChI is InChI=1S/C28H34O11/c1-12(29)35-16-9-15-24(2,3)38-17-10-18(30)34-11-27(15,17)14-6-7-25(4)20(13-8-19(31)36-22(13)32)37-23(33)21-28(25,39-21)26(14,16)5/h8,14-17,20-22,32H,6-7,9-11H2,1-5H3/t14-,15-,16+,17-,20-,21+,22?,25-,26-,27+,28+/m0/s1. The Labute approximate surface area is 225 Å². The van der Waals surface area contributed by atoms with Crippen molar-refractivity contribution >= 4 is 23.9 Å². The predicted octanol–water partition coefficient (Wildman–Crippen LogP) is 1.34. The Kier molecular flexibility index (Phi) is 4.84. The molecule has 11 nitrogen and oxygen atoms in total. The van der Waals surface area contributed by atoms with Crippen molar-refractivity contribution in [3.63, 3.8) is 0 Å². The number of cyclic esters (lactones) is 3. The van der Waals surface area contributed by atoms with Gasteiger partial charge in [-0.2, -0.15) is 0 Å². The third-order valence-electron chi connectivity index (χ3n) is 11.5. The predicted molar refractivity (Wildman–Crippen MR) is 127 cm³/mol. The number of aliphatic hydroxyl groups excluding tert-OH is 1. The van der Waals surface area contributed by atoms with Crippen molar-refractivity contribution in [2.45, 2.75) is 102 Å². The minimum atomic E-state index is -1.53. The largest absolute Gasteiger partial charge is 0.465 e. The van der Waals surface area contributed by atoms with E-state index in [-0.39, 0.29) is 36.4 Å². The fourth-order valence-electron chi connectivity index (χ4n) is 10.2. The summed E-state index contributed by atoms with van der Waals surface area (Å²) in [5.41, 5.74) is -3.92. The number of esters is 4. The average Bonchev–Trinajstić information content (AvgIpc) is 3.47. The Morgan fingerprint density at radius 2 is 1.79 bits per heavy atom.